The van der Waals surface area contributed by atoms with Crippen LogP contribution < -0.4 is 5.32 Å². The van der Waals surface area contributed by atoms with Gasteiger partial charge in [-0.1, -0.05) is 44.2 Å². The highest BCUT2D eigenvalue weighted by Crippen LogP contribution is 2.21. The van der Waals surface area contributed by atoms with E-state index in [0.717, 1.165) is 5.56 Å². The molecule has 1 aliphatic heterocycles. The van der Waals surface area contributed by atoms with E-state index >= 15 is 0 Å². The average molecular weight is 303 g/mol. The summed E-state index contributed by atoms with van der Waals surface area (Å²) in [6.07, 6.45) is 0. The quantitative estimate of drug-likeness (QED) is 0.869. The lowest BCUT2D eigenvalue weighted by atomic mass is 9.96. The molecule has 22 heavy (non-hydrogen) atoms. The Kier molecular flexibility index (Phi) is 5.55. The molecule has 1 aromatic rings. The molecule has 1 fully saturated rings. The lowest BCUT2D eigenvalue weighted by molar-refractivity contribution is -0.126. The highest BCUT2D eigenvalue weighted by Gasteiger charge is 2.28. The first kappa shape index (κ1) is 16.5. The first-order valence-corrected chi connectivity index (χ1v) is 7.85. The van der Waals surface area contributed by atoms with Crippen molar-refractivity contribution in [3.8, 4) is 0 Å². The van der Waals surface area contributed by atoms with Crippen LogP contribution in [0.5, 0.6) is 0 Å². The van der Waals surface area contributed by atoms with Gasteiger partial charge in [-0.25, -0.2) is 0 Å². The van der Waals surface area contributed by atoms with Gasteiger partial charge in [0.15, 0.2) is 0 Å². The molecule has 0 radical (unpaired) electrons. The van der Waals surface area contributed by atoms with Crippen LogP contribution in [0.25, 0.3) is 0 Å². The Morgan fingerprint density at radius 2 is 1.95 bits per heavy atom. The maximum Gasteiger partial charge on any atom is 0.237 e. The largest absolute Gasteiger partial charge is 0.348 e. The van der Waals surface area contributed by atoms with Crippen LogP contribution in [-0.4, -0.2) is 47.9 Å². The number of nitrogens with zero attached hydrogens (tertiary/aromatic N) is 2. The molecular formula is C17H25N3O2. The number of carbonyl (C=O) groups excluding carboxylic acids is 2. The summed E-state index contributed by atoms with van der Waals surface area (Å²) in [5.41, 5.74) is 1.11. The van der Waals surface area contributed by atoms with Crippen molar-refractivity contribution in [1.29, 1.82) is 0 Å². The second kappa shape index (κ2) is 7.40. The van der Waals surface area contributed by atoms with Crippen LogP contribution in [-0.2, 0) is 9.59 Å². The predicted octanol–water partition coefficient (Wildman–Crippen LogP) is 1.62. The van der Waals surface area contributed by atoms with Gasteiger partial charge in [0.1, 0.15) is 0 Å². The molecule has 0 saturated carbocycles. The standard InChI is InChI=1S/C17H25N3O2/c1-4-20-12-19(11-16(20)22)10-15(21)18-17(13(2)3)14-8-6-5-7-9-14/h5-9,13,17H,4,10-12H2,1-3H3,(H,18,21)/t17-/m0/s1. The molecule has 0 aliphatic carbocycles. The van der Waals surface area contributed by atoms with Crippen LogP contribution in [0.1, 0.15) is 32.4 Å². The lowest BCUT2D eigenvalue weighted by Gasteiger charge is -2.24. The number of benzene rings is 1. The van der Waals surface area contributed by atoms with Gasteiger partial charge >= 0.3 is 0 Å². The molecule has 5 heteroatoms. The number of likely N-dealkylation sites (N-methyl/N-ethyl adjacent to an activating group) is 1. The summed E-state index contributed by atoms with van der Waals surface area (Å²) in [5, 5.41) is 3.10. The molecule has 1 aliphatic rings. The normalized spacial score (nSPS) is 17.1. The second-order valence-electron chi connectivity index (χ2n) is 6.08. The topological polar surface area (TPSA) is 52.6 Å². The van der Waals surface area contributed by atoms with Gasteiger partial charge in [0, 0.05) is 6.54 Å². The van der Waals surface area contributed by atoms with Crippen molar-refractivity contribution < 1.29 is 9.59 Å². The zero-order valence-electron chi connectivity index (χ0n) is 13.6. The molecule has 0 spiro atoms. The van der Waals surface area contributed by atoms with Crippen molar-refractivity contribution in [2.75, 3.05) is 26.3 Å². The van der Waals surface area contributed by atoms with E-state index in [1.165, 1.54) is 0 Å². The number of hydrogen-bond acceptors (Lipinski definition) is 3. The highest BCUT2D eigenvalue weighted by molar-refractivity contribution is 5.83. The zero-order chi connectivity index (χ0) is 16.1. The molecule has 1 N–H and O–H groups in total. The SMILES string of the molecule is CCN1CN(CC(=O)N[C@H](c2ccccc2)C(C)C)CC1=O. The summed E-state index contributed by atoms with van der Waals surface area (Å²) in [7, 11) is 0. The van der Waals surface area contributed by atoms with E-state index in [1.54, 1.807) is 4.90 Å². The fraction of sp³-hybridized carbons (Fsp3) is 0.529. The Morgan fingerprint density at radius 3 is 2.50 bits per heavy atom. The molecule has 1 atom stereocenters. The molecule has 2 amide bonds. The van der Waals surface area contributed by atoms with Crippen molar-refractivity contribution in [2.24, 2.45) is 5.92 Å². The van der Waals surface area contributed by atoms with Gasteiger partial charge in [0.25, 0.3) is 0 Å². The summed E-state index contributed by atoms with van der Waals surface area (Å²) in [4.78, 5) is 27.6. The van der Waals surface area contributed by atoms with Gasteiger partial charge in [-0.3, -0.25) is 14.5 Å². The Hall–Kier alpha value is -1.88. The maximum atomic E-state index is 12.3. The summed E-state index contributed by atoms with van der Waals surface area (Å²) in [6, 6.07) is 9.99. The molecule has 5 nitrogen and oxygen atoms in total. The van der Waals surface area contributed by atoms with Crippen LogP contribution in [0.3, 0.4) is 0 Å². The Balaban J connectivity index is 1.94. The Morgan fingerprint density at radius 1 is 1.27 bits per heavy atom. The third-order valence-corrected chi connectivity index (χ3v) is 3.97. The minimum atomic E-state index is -0.0340. The van der Waals surface area contributed by atoms with Crippen molar-refractivity contribution in [3.63, 3.8) is 0 Å². The number of amides is 2. The van der Waals surface area contributed by atoms with E-state index in [2.05, 4.69) is 19.2 Å². The van der Waals surface area contributed by atoms with Gasteiger partial charge in [-0.15, -0.1) is 0 Å². The Labute approximate surface area is 132 Å². The van der Waals surface area contributed by atoms with E-state index in [1.807, 2.05) is 42.2 Å². The van der Waals surface area contributed by atoms with Crippen LogP contribution in [0, 0.1) is 5.92 Å². The number of rotatable bonds is 6. The average Bonchev–Trinajstić information content (AvgIpc) is 2.85. The molecule has 0 aromatic heterocycles. The highest BCUT2D eigenvalue weighted by atomic mass is 16.2. The third-order valence-electron chi connectivity index (χ3n) is 3.97. The summed E-state index contributed by atoms with van der Waals surface area (Å²) in [6.45, 7) is 7.96. The number of nitrogens with one attached hydrogen (secondary N) is 1. The van der Waals surface area contributed by atoms with Gasteiger partial charge in [-0.2, -0.15) is 0 Å². The molecule has 1 heterocycles. The van der Waals surface area contributed by atoms with Gasteiger partial charge in [0.2, 0.25) is 11.8 Å². The smallest absolute Gasteiger partial charge is 0.237 e. The van der Waals surface area contributed by atoms with Crippen LogP contribution in [0.4, 0.5) is 0 Å². The number of carbonyl (C=O) groups is 2. The van der Waals surface area contributed by atoms with Crippen molar-refractivity contribution in [1.82, 2.24) is 15.1 Å². The third kappa shape index (κ3) is 4.07. The Bertz CT molecular complexity index is 516. The van der Waals surface area contributed by atoms with Crippen molar-refractivity contribution in [2.45, 2.75) is 26.8 Å². The lowest BCUT2D eigenvalue weighted by Crippen LogP contribution is -2.40. The first-order chi connectivity index (χ1) is 10.5. The minimum absolute atomic E-state index is 0.00529. The molecule has 1 aromatic carbocycles. The second-order valence-corrected chi connectivity index (χ2v) is 6.08. The van der Waals surface area contributed by atoms with Gasteiger partial charge in [0.05, 0.1) is 25.8 Å². The van der Waals surface area contributed by atoms with Crippen LogP contribution in [0.15, 0.2) is 30.3 Å². The van der Waals surface area contributed by atoms with E-state index < -0.39 is 0 Å². The number of hydrogen-bond donors (Lipinski definition) is 1. The fourth-order valence-electron chi connectivity index (χ4n) is 2.76. The molecule has 120 valence electrons. The van der Waals surface area contributed by atoms with E-state index in [4.69, 9.17) is 0 Å². The van der Waals surface area contributed by atoms with E-state index in [-0.39, 0.29) is 24.4 Å². The fourth-order valence-corrected chi connectivity index (χ4v) is 2.76. The zero-order valence-corrected chi connectivity index (χ0v) is 13.6. The van der Waals surface area contributed by atoms with Crippen molar-refractivity contribution in [3.05, 3.63) is 35.9 Å². The molecule has 0 unspecified atom stereocenters. The van der Waals surface area contributed by atoms with Crippen molar-refractivity contribution >= 4 is 11.8 Å². The van der Waals surface area contributed by atoms with Gasteiger partial charge in [-0.05, 0) is 18.4 Å². The van der Waals surface area contributed by atoms with Crippen LogP contribution in [0.2, 0.25) is 0 Å². The molecular weight excluding hydrogens is 278 g/mol. The molecule has 1 saturated heterocycles. The van der Waals surface area contributed by atoms with E-state index in [0.29, 0.717) is 25.7 Å². The maximum absolute atomic E-state index is 12.3. The predicted molar refractivity (Wildman–Crippen MR) is 86.0 cm³/mol. The molecule has 2 rings (SSSR count). The minimum Gasteiger partial charge on any atom is -0.348 e. The van der Waals surface area contributed by atoms with Gasteiger partial charge < -0.3 is 10.2 Å². The summed E-state index contributed by atoms with van der Waals surface area (Å²) in [5.74, 6) is 0.366. The van der Waals surface area contributed by atoms with Crippen LogP contribution >= 0.6 is 0 Å². The summed E-state index contributed by atoms with van der Waals surface area (Å²) >= 11 is 0. The monoisotopic (exact) mass is 303 g/mol. The molecule has 0 bridgehead atoms. The first-order valence-electron chi connectivity index (χ1n) is 7.85. The summed E-state index contributed by atoms with van der Waals surface area (Å²) < 4.78 is 0. The van der Waals surface area contributed by atoms with E-state index in [9.17, 15) is 9.59 Å².